The molecule has 0 N–H and O–H groups in total. The van der Waals surface area contributed by atoms with Gasteiger partial charge in [0.1, 0.15) is 17.7 Å². The molecule has 2 aliphatic heterocycles. The number of halogens is 1. The van der Waals surface area contributed by atoms with Gasteiger partial charge in [-0.25, -0.2) is 9.18 Å². The van der Waals surface area contributed by atoms with Crippen LogP contribution in [0, 0.1) is 58.1 Å². The van der Waals surface area contributed by atoms with E-state index in [1.165, 1.54) is 24.3 Å². The largest absolute Gasteiger partial charge is 0.459 e. The number of ketones is 1. The molecule has 0 aromatic heterocycles. The van der Waals surface area contributed by atoms with Crippen molar-refractivity contribution in [1.82, 2.24) is 0 Å². The number of carbonyl (C=O) groups excluding carboxylic acids is 2. The molecule has 7 rings (SSSR count). The van der Waals surface area contributed by atoms with Crippen molar-refractivity contribution < 1.29 is 28.2 Å². The second-order valence-corrected chi connectivity index (χ2v) is 14.8. The van der Waals surface area contributed by atoms with Crippen molar-refractivity contribution in [2.75, 3.05) is 6.61 Å². The Morgan fingerprint density at radius 2 is 1.77 bits per heavy atom. The summed E-state index contributed by atoms with van der Waals surface area (Å²) in [4.78, 5) is 27.0. The van der Waals surface area contributed by atoms with E-state index in [0.29, 0.717) is 47.4 Å². The first-order chi connectivity index (χ1) is 19.0. The molecule has 6 heteroatoms. The normalized spacial score (nSPS) is 49.6. The standard InChI is InChI=1S/C34H45FO5/c1-19-11-14-34(38-18-19)20(2)30-28(40-34)16-27-25-10-7-22-15-24(39-31(37)21-5-8-23(35)9-6-21)12-13-32(22,3)26(25)17-29(36)33(27,30)4/h5-6,8-9,19-20,22,24-28,30H,7,10-18H2,1-4H3/t19-,20+,22+,24+,25-,26+,27+,28+,30+,32+,33-,34-/m1/s1. The van der Waals surface area contributed by atoms with Gasteiger partial charge in [-0.15, -0.1) is 0 Å². The van der Waals surface area contributed by atoms with Gasteiger partial charge in [-0.2, -0.15) is 0 Å². The lowest BCUT2D eigenvalue weighted by Crippen LogP contribution is -2.58. The monoisotopic (exact) mass is 552 g/mol. The van der Waals surface area contributed by atoms with Crippen molar-refractivity contribution in [2.45, 2.75) is 103 Å². The summed E-state index contributed by atoms with van der Waals surface area (Å²) in [6.45, 7) is 9.99. The number of Topliss-reactive ketones (excluding diaryl/α,β-unsaturated/α-hetero) is 1. The molecular formula is C34H45FO5. The Morgan fingerprint density at radius 3 is 2.50 bits per heavy atom. The van der Waals surface area contributed by atoms with Crippen LogP contribution >= 0.6 is 0 Å². The van der Waals surface area contributed by atoms with E-state index >= 15 is 0 Å². The SMILES string of the molecule is C[C@@H]1CC[C@@]2(OC1)O[C@H]1C[C@H]3[C@@H]4CC[C@H]5C[C@@H](OC(=O)c6ccc(F)cc6)CC[C@]5(C)[C@H]4CC(=O)[C@]3(C)[C@H]1[C@@H]2C. The van der Waals surface area contributed by atoms with Crippen molar-refractivity contribution in [3.05, 3.63) is 35.6 Å². The van der Waals surface area contributed by atoms with Gasteiger partial charge in [0.05, 0.1) is 18.3 Å². The lowest BCUT2D eigenvalue weighted by molar-refractivity contribution is -0.272. The third kappa shape index (κ3) is 3.83. The minimum absolute atomic E-state index is 0.0900. The van der Waals surface area contributed by atoms with E-state index in [1.54, 1.807) is 0 Å². The Hall–Kier alpha value is -1.79. The van der Waals surface area contributed by atoms with Crippen LogP contribution in [-0.2, 0) is 19.0 Å². The molecule has 6 fully saturated rings. The van der Waals surface area contributed by atoms with Crippen LogP contribution in [0.3, 0.4) is 0 Å². The topological polar surface area (TPSA) is 61.8 Å². The highest BCUT2D eigenvalue weighted by Gasteiger charge is 2.71. The smallest absolute Gasteiger partial charge is 0.338 e. The van der Waals surface area contributed by atoms with Gasteiger partial charge in [0.25, 0.3) is 0 Å². The fourth-order valence-electron chi connectivity index (χ4n) is 10.8. The Bertz CT molecular complexity index is 1170. The highest BCUT2D eigenvalue weighted by Crippen LogP contribution is 2.70. The molecule has 1 spiro atoms. The maximum absolute atomic E-state index is 14.3. The summed E-state index contributed by atoms with van der Waals surface area (Å²) in [5.41, 5.74) is 0.160. The van der Waals surface area contributed by atoms with Gasteiger partial charge in [0.15, 0.2) is 5.79 Å². The zero-order valence-corrected chi connectivity index (χ0v) is 24.5. The predicted octanol–water partition coefficient (Wildman–Crippen LogP) is 6.98. The molecule has 0 unspecified atom stereocenters. The van der Waals surface area contributed by atoms with Crippen LogP contribution in [0.4, 0.5) is 4.39 Å². The third-order valence-electron chi connectivity index (χ3n) is 13.1. The molecular weight excluding hydrogens is 507 g/mol. The fraction of sp³-hybridized carbons (Fsp3) is 0.765. The summed E-state index contributed by atoms with van der Waals surface area (Å²) in [7, 11) is 0. The van der Waals surface area contributed by atoms with E-state index in [1.807, 2.05) is 0 Å². The van der Waals surface area contributed by atoms with Crippen LogP contribution in [-0.4, -0.2) is 36.4 Å². The molecule has 0 bridgehead atoms. The van der Waals surface area contributed by atoms with Gasteiger partial charge < -0.3 is 14.2 Å². The quantitative estimate of drug-likeness (QED) is 0.371. The van der Waals surface area contributed by atoms with Crippen molar-refractivity contribution >= 4 is 11.8 Å². The molecule has 6 aliphatic rings. The van der Waals surface area contributed by atoms with Gasteiger partial charge in [-0.3, -0.25) is 4.79 Å². The Balaban J connectivity index is 1.07. The summed E-state index contributed by atoms with van der Waals surface area (Å²) < 4.78 is 32.5. The van der Waals surface area contributed by atoms with Crippen LogP contribution in [0.2, 0.25) is 0 Å². The lowest BCUT2D eigenvalue weighted by Gasteiger charge is -2.60. The van der Waals surface area contributed by atoms with Gasteiger partial charge in [-0.1, -0.05) is 27.7 Å². The molecule has 218 valence electrons. The predicted molar refractivity (Wildman–Crippen MR) is 148 cm³/mol. The van der Waals surface area contributed by atoms with Crippen molar-refractivity contribution in [3.8, 4) is 0 Å². The van der Waals surface area contributed by atoms with Gasteiger partial charge in [-0.05, 0) is 104 Å². The second kappa shape index (κ2) is 9.36. The van der Waals surface area contributed by atoms with E-state index in [9.17, 15) is 14.0 Å². The molecule has 4 aliphatic carbocycles. The number of benzene rings is 1. The van der Waals surface area contributed by atoms with Gasteiger partial charge >= 0.3 is 5.97 Å². The number of esters is 1. The minimum Gasteiger partial charge on any atom is -0.459 e. The molecule has 1 aromatic rings. The molecule has 12 atom stereocenters. The van der Waals surface area contributed by atoms with Gasteiger partial charge in [0.2, 0.25) is 0 Å². The molecule has 0 amide bonds. The minimum atomic E-state index is -0.500. The Kier molecular flexibility index (Phi) is 6.33. The number of hydrogen-bond donors (Lipinski definition) is 0. The van der Waals surface area contributed by atoms with E-state index in [4.69, 9.17) is 14.2 Å². The number of rotatable bonds is 2. The average molecular weight is 553 g/mol. The second-order valence-electron chi connectivity index (χ2n) is 14.8. The van der Waals surface area contributed by atoms with Crippen molar-refractivity contribution in [2.24, 2.45) is 52.3 Å². The van der Waals surface area contributed by atoms with Gasteiger partial charge in [0, 0.05) is 30.1 Å². The summed E-state index contributed by atoms with van der Waals surface area (Å²) >= 11 is 0. The molecule has 1 aromatic carbocycles. The summed E-state index contributed by atoms with van der Waals surface area (Å²) in [6, 6.07) is 5.58. The first-order valence-corrected chi connectivity index (χ1v) is 15.9. The van der Waals surface area contributed by atoms with Crippen molar-refractivity contribution in [3.63, 3.8) is 0 Å². The zero-order valence-electron chi connectivity index (χ0n) is 24.5. The van der Waals surface area contributed by atoms with E-state index in [0.717, 1.165) is 58.0 Å². The highest BCUT2D eigenvalue weighted by molar-refractivity contribution is 5.89. The van der Waals surface area contributed by atoms with E-state index in [-0.39, 0.29) is 46.7 Å². The van der Waals surface area contributed by atoms with Crippen LogP contribution in [0.15, 0.2) is 24.3 Å². The number of ether oxygens (including phenoxy) is 3. The van der Waals surface area contributed by atoms with Crippen LogP contribution in [0.1, 0.15) is 95.8 Å². The summed E-state index contributed by atoms with van der Waals surface area (Å²) in [5.74, 6) is 2.03. The lowest BCUT2D eigenvalue weighted by atomic mass is 9.44. The highest BCUT2D eigenvalue weighted by atomic mass is 19.1. The van der Waals surface area contributed by atoms with Crippen LogP contribution < -0.4 is 0 Å². The third-order valence-corrected chi connectivity index (χ3v) is 13.1. The van der Waals surface area contributed by atoms with Crippen LogP contribution in [0.5, 0.6) is 0 Å². The van der Waals surface area contributed by atoms with Crippen molar-refractivity contribution in [1.29, 1.82) is 0 Å². The first-order valence-electron chi connectivity index (χ1n) is 15.9. The fourth-order valence-corrected chi connectivity index (χ4v) is 10.8. The number of fused-ring (bicyclic) bond motifs is 7. The Labute approximate surface area is 237 Å². The molecule has 5 nitrogen and oxygen atoms in total. The Morgan fingerprint density at radius 1 is 1.00 bits per heavy atom. The maximum Gasteiger partial charge on any atom is 0.338 e. The number of carbonyl (C=O) groups is 2. The van der Waals surface area contributed by atoms with E-state index in [2.05, 4.69) is 27.7 Å². The average Bonchev–Trinajstić information content (AvgIpc) is 3.38. The molecule has 2 heterocycles. The molecule has 0 radical (unpaired) electrons. The molecule has 4 saturated carbocycles. The number of hydrogen-bond acceptors (Lipinski definition) is 5. The molecule has 40 heavy (non-hydrogen) atoms. The molecule has 2 saturated heterocycles. The van der Waals surface area contributed by atoms with Crippen LogP contribution in [0.25, 0.3) is 0 Å². The summed E-state index contributed by atoms with van der Waals surface area (Å²) in [5, 5.41) is 0. The van der Waals surface area contributed by atoms with E-state index < -0.39 is 5.79 Å². The summed E-state index contributed by atoms with van der Waals surface area (Å²) in [6.07, 6.45) is 8.65. The zero-order chi connectivity index (χ0) is 28.0. The maximum atomic E-state index is 14.3. The first kappa shape index (κ1) is 27.1.